The zero-order chi connectivity index (χ0) is 15.1. The minimum atomic E-state index is -0.214. The van der Waals surface area contributed by atoms with Gasteiger partial charge in [-0.3, -0.25) is 9.59 Å². The lowest BCUT2D eigenvalue weighted by molar-refractivity contribution is -0.140. The molecular formula is C16H21NO3S. The molecule has 0 saturated heterocycles. The number of rotatable bonds is 6. The molecule has 21 heavy (non-hydrogen) atoms. The Morgan fingerprint density at radius 3 is 2.86 bits per heavy atom. The zero-order valence-corrected chi connectivity index (χ0v) is 13.1. The quantitative estimate of drug-likeness (QED) is 0.648. The van der Waals surface area contributed by atoms with Crippen LogP contribution in [0.25, 0.3) is 0 Å². The van der Waals surface area contributed by atoms with Crippen molar-refractivity contribution in [3.05, 3.63) is 29.8 Å². The Kier molecular flexibility index (Phi) is 6.11. The number of nitrogens with one attached hydrogen (secondary N) is 1. The minimum absolute atomic E-state index is 0.0616. The van der Waals surface area contributed by atoms with Crippen molar-refractivity contribution in [2.75, 3.05) is 12.9 Å². The molecule has 1 heterocycles. The predicted molar refractivity (Wildman–Crippen MR) is 83.2 cm³/mol. The van der Waals surface area contributed by atoms with Crippen molar-refractivity contribution in [2.24, 2.45) is 0 Å². The van der Waals surface area contributed by atoms with Gasteiger partial charge >= 0.3 is 5.97 Å². The summed E-state index contributed by atoms with van der Waals surface area (Å²) in [5.74, 6) is 0.879. The van der Waals surface area contributed by atoms with Gasteiger partial charge in [-0.1, -0.05) is 18.2 Å². The second-order valence-corrected chi connectivity index (χ2v) is 6.22. The average molecular weight is 307 g/mol. The van der Waals surface area contributed by atoms with E-state index in [1.807, 2.05) is 23.9 Å². The van der Waals surface area contributed by atoms with Crippen LogP contribution in [0.4, 0.5) is 0 Å². The Balaban J connectivity index is 1.77. The Bertz CT molecular complexity index is 504. The van der Waals surface area contributed by atoms with Crippen LogP contribution in [0.5, 0.6) is 0 Å². The first kappa shape index (κ1) is 15.9. The molecule has 0 aromatic heterocycles. The number of unbranched alkanes of at least 4 members (excludes halogenated alkanes) is 1. The molecule has 0 radical (unpaired) electrons. The normalized spacial score (nSPS) is 16.9. The first-order valence-corrected chi connectivity index (χ1v) is 8.27. The summed E-state index contributed by atoms with van der Waals surface area (Å²) in [5.41, 5.74) is 1.22. The highest BCUT2D eigenvalue weighted by Crippen LogP contribution is 2.35. The molecular weight excluding hydrogens is 286 g/mol. The molecule has 114 valence electrons. The van der Waals surface area contributed by atoms with Crippen LogP contribution in [-0.4, -0.2) is 24.7 Å². The van der Waals surface area contributed by atoms with E-state index >= 15 is 0 Å². The largest absolute Gasteiger partial charge is 0.469 e. The molecule has 5 heteroatoms. The molecule has 0 fully saturated rings. The second kappa shape index (κ2) is 8.08. The molecule has 0 spiro atoms. The number of methoxy groups -OCH3 is 1. The van der Waals surface area contributed by atoms with Gasteiger partial charge in [-0.15, -0.1) is 11.8 Å². The van der Waals surface area contributed by atoms with Crippen molar-refractivity contribution >= 4 is 23.6 Å². The van der Waals surface area contributed by atoms with E-state index in [9.17, 15) is 9.59 Å². The number of carbonyl (C=O) groups is 2. The third kappa shape index (κ3) is 4.77. The van der Waals surface area contributed by atoms with E-state index in [0.29, 0.717) is 25.7 Å². The van der Waals surface area contributed by atoms with Gasteiger partial charge in [0, 0.05) is 23.5 Å². The number of hydrogen-bond donors (Lipinski definition) is 1. The van der Waals surface area contributed by atoms with Crippen molar-refractivity contribution in [2.45, 2.75) is 43.0 Å². The fourth-order valence-corrected chi connectivity index (χ4v) is 3.54. The van der Waals surface area contributed by atoms with Crippen LogP contribution in [0.1, 0.15) is 43.7 Å². The lowest BCUT2D eigenvalue weighted by Gasteiger charge is -2.25. The van der Waals surface area contributed by atoms with E-state index in [1.165, 1.54) is 17.6 Å². The maximum absolute atomic E-state index is 12.0. The van der Waals surface area contributed by atoms with E-state index in [-0.39, 0.29) is 17.9 Å². The van der Waals surface area contributed by atoms with Gasteiger partial charge in [0.25, 0.3) is 0 Å². The van der Waals surface area contributed by atoms with Crippen LogP contribution in [0.15, 0.2) is 29.2 Å². The van der Waals surface area contributed by atoms with Gasteiger partial charge in [-0.05, 0) is 30.9 Å². The van der Waals surface area contributed by atoms with Crippen LogP contribution >= 0.6 is 11.8 Å². The highest BCUT2D eigenvalue weighted by molar-refractivity contribution is 7.99. The molecule has 0 bridgehead atoms. The third-order valence-corrected chi connectivity index (χ3v) is 4.68. The molecule has 1 aliphatic rings. The van der Waals surface area contributed by atoms with Gasteiger partial charge < -0.3 is 10.1 Å². The first-order chi connectivity index (χ1) is 10.2. The monoisotopic (exact) mass is 307 g/mol. The van der Waals surface area contributed by atoms with Crippen LogP contribution in [0.3, 0.4) is 0 Å². The van der Waals surface area contributed by atoms with Gasteiger partial charge in [0.05, 0.1) is 13.2 Å². The predicted octanol–water partition coefficient (Wildman–Crippen LogP) is 3.07. The number of hydrogen-bond acceptors (Lipinski definition) is 4. The minimum Gasteiger partial charge on any atom is -0.469 e. The van der Waals surface area contributed by atoms with Gasteiger partial charge in [-0.2, -0.15) is 0 Å². The summed E-state index contributed by atoms with van der Waals surface area (Å²) < 4.78 is 4.58. The third-order valence-electron chi connectivity index (χ3n) is 3.56. The Hall–Kier alpha value is -1.49. The van der Waals surface area contributed by atoms with Gasteiger partial charge in [0.2, 0.25) is 5.91 Å². The summed E-state index contributed by atoms with van der Waals surface area (Å²) in [6.45, 7) is 0. The van der Waals surface area contributed by atoms with Gasteiger partial charge in [-0.25, -0.2) is 0 Å². The lowest BCUT2D eigenvalue weighted by Crippen LogP contribution is -2.30. The van der Waals surface area contributed by atoms with E-state index in [2.05, 4.69) is 22.2 Å². The summed E-state index contributed by atoms with van der Waals surface area (Å²) in [6, 6.07) is 8.36. The van der Waals surface area contributed by atoms with E-state index in [1.54, 1.807) is 0 Å². The molecule has 1 amide bonds. The summed E-state index contributed by atoms with van der Waals surface area (Å²) in [4.78, 5) is 24.3. The molecule has 1 aliphatic heterocycles. The summed E-state index contributed by atoms with van der Waals surface area (Å²) in [6.07, 6.45) is 3.21. The van der Waals surface area contributed by atoms with Crippen molar-refractivity contribution in [3.8, 4) is 0 Å². The summed E-state index contributed by atoms with van der Waals surface area (Å²) in [7, 11) is 1.38. The molecule has 0 unspecified atom stereocenters. The molecule has 1 N–H and O–H groups in total. The van der Waals surface area contributed by atoms with Crippen LogP contribution in [0, 0.1) is 0 Å². The molecule has 2 rings (SSSR count). The number of esters is 1. The Morgan fingerprint density at radius 1 is 1.29 bits per heavy atom. The number of carbonyl (C=O) groups excluding carboxylic acids is 2. The summed E-state index contributed by atoms with van der Waals surface area (Å²) in [5, 5.41) is 3.11. The zero-order valence-electron chi connectivity index (χ0n) is 12.3. The lowest BCUT2D eigenvalue weighted by atomic mass is 10.0. The van der Waals surface area contributed by atoms with Gasteiger partial charge in [0.15, 0.2) is 0 Å². The topological polar surface area (TPSA) is 55.4 Å². The molecule has 1 aromatic carbocycles. The number of fused-ring (bicyclic) bond motifs is 1. The fourth-order valence-electron chi connectivity index (χ4n) is 2.42. The number of benzene rings is 1. The summed E-state index contributed by atoms with van der Waals surface area (Å²) >= 11 is 1.84. The Morgan fingerprint density at radius 2 is 2.05 bits per heavy atom. The first-order valence-electron chi connectivity index (χ1n) is 7.28. The van der Waals surface area contributed by atoms with Crippen molar-refractivity contribution in [1.29, 1.82) is 0 Å². The highest BCUT2D eigenvalue weighted by Gasteiger charge is 2.21. The van der Waals surface area contributed by atoms with Crippen molar-refractivity contribution in [1.82, 2.24) is 5.32 Å². The molecule has 0 aliphatic carbocycles. The smallest absolute Gasteiger partial charge is 0.305 e. The molecule has 4 nitrogen and oxygen atoms in total. The highest BCUT2D eigenvalue weighted by atomic mass is 32.2. The van der Waals surface area contributed by atoms with E-state index < -0.39 is 0 Å². The van der Waals surface area contributed by atoms with Crippen LogP contribution in [0.2, 0.25) is 0 Å². The maximum Gasteiger partial charge on any atom is 0.305 e. The average Bonchev–Trinajstić information content (AvgIpc) is 2.51. The molecule has 0 saturated carbocycles. The van der Waals surface area contributed by atoms with E-state index in [4.69, 9.17) is 0 Å². The number of thioether (sulfide) groups is 1. The van der Waals surface area contributed by atoms with Crippen molar-refractivity contribution < 1.29 is 14.3 Å². The van der Waals surface area contributed by atoms with Crippen LogP contribution in [-0.2, 0) is 14.3 Å². The standard InChI is InChI=1S/C16H21NO3S/c1-20-16(19)9-5-4-8-15(18)17-13-10-11-21-14-7-3-2-6-12(13)14/h2-3,6-7,13H,4-5,8-11H2,1H3,(H,17,18)/t13-/m0/s1. The van der Waals surface area contributed by atoms with E-state index in [0.717, 1.165) is 12.2 Å². The SMILES string of the molecule is COC(=O)CCCCC(=O)N[C@H]1CCSc2ccccc21. The van der Waals surface area contributed by atoms with Crippen molar-refractivity contribution in [3.63, 3.8) is 0 Å². The van der Waals surface area contributed by atoms with Crippen LogP contribution < -0.4 is 5.32 Å². The van der Waals surface area contributed by atoms with Gasteiger partial charge in [0.1, 0.15) is 0 Å². The number of ether oxygens (including phenoxy) is 1. The Labute approximate surface area is 129 Å². The maximum atomic E-state index is 12.0. The second-order valence-electron chi connectivity index (χ2n) is 5.08. The number of amides is 1. The fraction of sp³-hybridized carbons (Fsp3) is 0.500. The molecule has 1 atom stereocenters. The molecule has 1 aromatic rings.